The summed E-state index contributed by atoms with van der Waals surface area (Å²) in [6.45, 7) is 0.693. The van der Waals surface area contributed by atoms with Gasteiger partial charge >= 0.3 is 0 Å². The Labute approximate surface area is 87.5 Å². The Balaban J connectivity index is 2.06. The van der Waals surface area contributed by atoms with E-state index in [2.05, 4.69) is 0 Å². The lowest BCUT2D eigenvalue weighted by molar-refractivity contribution is -0.132. The van der Waals surface area contributed by atoms with Crippen LogP contribution >= 0.6 is 0 Å². The lowest BCUT2D eigenvalue weighted by Crippen LogP contribution is -2.29. The van der Waals surface area contributed by atoms with E-state index in [9.17, 15) is 9.18 Å². The molecule has 0 aromatic heterocycles. The molecule has 15 heavy (non-hydrogen) atoms. The van der Waals surface area contributed by atoms with Crippen LogP contribution in [0.1, 0.15) is 6.42 Å². The van der Waals surface area contributed by atoms with Crippen LogP contribution in [0.25, 0.3) is 0 Å². The monoisotopic (exact) mass is 209 g/mol. The zero-order chi connectivity index (χ0) is 10.8. The number of nitrogens with zero attached hydrogens (tertiary/aromatic N) is 1. The van der Waals surface area contributed by atoms with Crippen LogP contribution in [0.4, 0.5) is 4.39 Å². The molecule has 1 aromatic carbocycles. The fourth-order valence-electron chi connectivity index (χ4n) is 1.60. The molecule has 2 rings (SSSR count). The molecule has 1 atom stereocenters. The van der Waals surface area contributed by atoms with Gasteiger partial charge in [0.15, 0.2) is 6.10 Å². The van der Waals surface area contributed by atoms with Crippen molar-refractivity contribution in [1.82, 2.24) is 4.90 Å². The van der Waals surface area contributed by atoms with Gasteiger partial charge in [0.2, 0.25) is 0 Å². The van der Waals surface area contributed by atoms with Gasteiger partial charge in [-0.15, -0.1) is 0 Å². The maximum atomic E-state index is 12.8. The summed E-state index contributed by atoms with van der Waals surface area (Å²) in [5.41, 5.74) is 0. The maximum absolute atomic E-state index is 12.8. The second-order valence-corrected chi connectivity index (χ2v) is 3.61. The molecule has 1 saturated heterocycles. The summed E-state index contributed by atoms with van der Waals surface area (Å²) in [5, 5.41) is 0. The molecule has 0 unspecified atom stereocenters. The van der Waals surface area contributed by atoms with Gasteiger partial charge in [-0.3, -0.25) is 4.79 Å². The van der Waals surface area contributed by atoms with Gasteiger partial charge in [-0.2, -0.15) is 0 Å². The number of likely N-dealkylation sites (tertiary alicyclic amines) is 1. The first-order valence-corrected chi connectivity index (χ1v) is 4.84. The number of likely N-dealkylation sites (N-methyl/N-ethyl adjacent to an activating group) is 1. The number of benzene rings is 1. The van der Waals surface area contributed by atoms with Crippen molar-refractivity contribution < 1.29 is 13.9 Å². The average Bonchev–Trinajstić information content (AvgIpc) is 2.50. The van der Waals surface area contributed by atoms with Crippen molar-refractivity contribution in [1.29, 1.82) is 0 Å². The first kappa shape index (κ1) is 9.96. The minimum absolute atomic E-state index is 0.0424. The summed E-state index contributed by atoms with van der Waals surface area (Å²) in [5.74, 6) is 0.00853. The second kappa shape index (κ2) is 3.88. The SMILES string of the molecule is CN1CC[C@H](Oc2cccc(F)c2)C1=O. The number of carbonyl (C=O) groups is 1. The van der Waals surface area contributed by atoms with Crippen molar-refractivity contribution >= 4 is 5.91 Å². The van der Waals surface area contributed by atoms with E-state index in [1.807, 2.05) is 0 Å². The van der Waals surface area contributed by atoms with E-state index < -0.39 is 6.10 Å². The zero-order valence-corrected chi connectivity index (χ0v) is 8.44. The van der Waals surface area contributed by atoms with Crippen molar-refractivity contribution in [3.05, 3.63) is 30.1 Å². The van der Waals surface area contributed by atoms with Gasteiger partial charge in [0.05, 0.1) is 0 Å². The first-order chi connectivity index (χ1) is 7.16. The fourth-order valence-corrected chi connectivity index (χ4v) is 1.60. The fraction of sp³-hybridized carbons (Fsp3) is 0.364. The molecule has 1 fully saturated rings. The highest BCUT2D eigenvalue weighted by atomic mass is 19.1. The van der Waals surface area contributed by atoms with E-state index in [4.69, 9.17) is 4.74 Å². The summed E-state index contributed by atoms with van der Waals surface area (Å²) in [6, 6.07) is 5.84. The first-order valence-electron chi connectivity index (χ1n) is 4.84. The molecular formula is C11H12FNO2. The van der Waals surface area contributed by atoms with Crippen molar-refractivity contribution in [2.75, 3.05) is 13.6 Å². The number of rotatable bonds is 2. The van der Waals surface area contributed by atoms with Crippen molar-refractivity contribution in [3.8, 4) is 5.75 Å². The molecule has 80 valence electrons. The van der Waals surface area contributed by atoms with E-state index in [0.29, 0.717) is 18.7 Å². The van der Waals surface area contributed by atoms with Gasteiger partial charge in [0.1, 0.15) is 11.6 Å². The highest BCUT2D eigenvalue weighted by Crippen LogP contribution is 2.19. The number of halogens is 1. The van der Waals surface area contributed by atoms with Crippen LogP contribution in [-0.2, 0) is 4.79 Å². The van der Waals surface area contributed by atoms with Crippen molar-refractivity contribution in [2.45, 2.75) is 12.5 Å². The minimum Gasteiger partial charge on any atom is -0.480 e. The largest absolute Gasteiger partial charge is 0.480 e. The number of hydrogen-bond acceptors (Lipinski definition) is 2. The predicted octanol–water partition coefficient (Wildman–Crippen LogP) is 1.44. The second-order valence-electron chi connectivity index (χ2n) is 3.61. The van der Waals surface area contributed by atoms with Gasteiger partial charge in [-0.25, -0.2) is 4.39 Å². The smallest absolute Gasteiger partial charge is 0.263 e. The lowest BCUT2D eigenvalue weighted by atomic mass is 10.3. The summed E-state index contributed by atoms with van der Waals surface area (Å²) in [6.07, 6.45) is 0.197. The van der Waals surface area contributed by atoms with Gasteiger partial charge in [0.25, 0.3) is 5.91 Å². The third-order valence-corrected chi connectivity index (χ3v) is 2.45. The van der Waals surface area contributed by atoms with E-state index >= 15 is 0 Å². The van der Waals surface area contributed by atoms with Crippen LogP contribution in [0.2, 0.25) is 0 Å². The van der Waals surface area contributed by atoms with Crippen LogP contribution in [0, 0.1) is 5.82 Å². The number of amides is 1. The molecule has 0 N–H and O–H groups in total. The quantitative estimate of drug-likeness (QED) is 0.737. The van der Waals surface area contributed by atoms with E-state index in [1.54, 1.807) is 24.1 Å². The van der Waals surface area contributed by atoms with Crippen LogP contribution in [0.15, 0.2) is 24.3 Å². The molecule has 0 saturated carbocycles. The van der Waals surface area contributed by atoms with Crippen LogP contribution in [0.3, 0.4) is 0 Å². The van der Waals surface area contributed by atoms with Gasteiger partial charge in [-0.05, 0) is 12.1 Å². The van der Waals surface area contributed by atoms with Gasteiger partial charge in [-0.1, -0.05) is 6.07 Å². The highest BCUT2D eigenvalue weighted by molar-refractivity contribution is 5.83. The molecule has 4 heteroatoms. The molecule has 1 aromatic rings. The molecule has 1 aliphatic heterocycles. The molecule has 3 nitrogen and oxygen atoms in total. The molecular weight excluding hydrogens is 197 g/mol. The minimum atomic E-state index is -0.461. The number of ether oxygens (including phenoxy) is 1. The van der Waals surface area contributed by atoms with Gasteiger partial charge < -0.3 is 9.64 Å². The topological polar surface area (TPSA) is 29.5 Å². The summed E-state index contributed by atoms with van der Waals surface area (Å²) in [4.78, 5) is 13.1. The van der Waals surface area contributed by atoms with E-state index in [-0.39, 0.29) is 11.7 Å². The van der Waals surface area contributed by atoms with E-state index in [0.717, 1.165) is 0 Å². The summed E-state index contributed by atoms with van der Waals surface area (Å²) >= 11 is 0. The highest BCUT2D eigenvalue weighted by Gasteiger charge is 2.30. The summed E-state index contributed by atoms with van der Waals surface area (Å²) in [7, 11) is 1.73. The molecule has 0 radical (unpaired) electrons. The van der Waals surface area contributed by atoms with Crippen molar-refractivity contribution in [2.24, 2.45) is 0 Å². The Morgan fingerprint density at radius 3 is 2.93 bits per heavy atom. The zero-order valence-electron chi connectivity index (χ0n) is 8.44. The predicted molar refractivity (Wildman–Crippen MR) is 53.1 cm³/mol. The molecule has 0 spiro atoms. The number of hydrogen-bond donors (Lipinski definition) is 0. The van der Waals surface area contributed by atoms with Crippen LogP contribution in [-0.4, -0.2) is 30.5 Å². The molecule has 0 aliphatic carbocycles. The Hall–Kier alpha value is -1.58. The standard InChI is InChI=1S/C11H12FNO2/c1-13-6-5-10(11(13)14)15-9-4-2-3-8(12)7-9/h2-4,7,10H,5-6H2,1H3/t10-/m0/s1. The normalized spacial score (nSPS) is 20.8. The Bertz CT molecular complexity index is 381. The molecule has 1 aliphatic rings. The van der Waals surface area contributed by atoms with E-state index in [1.165, 1.54) is 12.1 Å². The molecule has 1 heterocycles. The van der Waals surface area contributed by atoms with Gasteiger partial charge in [0, 0.05) is 26.1 Å². The van der Waals surface area contributed by atoms with Crippen molar-refractivity contribution in [3.63, 3.8) is 0 Å². The Morgan fingerprint density at radius 2 is 2.33 bits per heavy atom. The number of carbonyl (C=O) groups excluding carboxylic acids is 1. The maximum Gasteiger partial charge on any atom is 0.263 e. The molecule has 0 bridgehead atoms. The Kier molecular flexibility index (Phi) is 2.58. The summed E-state index contributed by atoms with van der Waals surface area (Å²) < 4.78 is 18.2. The van der Waals surface area contributed by atoms with Crippen LogP contribution < -0.4 is 4.74 Å². The lowest BCUT2D eigenvalue weighted by Gasteiger charge is -2.12. The van der Waals surface area contributed by atoms with Crippen LogP contribution in [0.5, 0.6) is 5.75 Å². The molecule has 1 amide bonds. The average molecular weight is 209 g/mol. The Morgan fingerprint density at radius 1 is 1.53 bits per heavy atom. The third kappa shape index (κ3) is 2.09. The third-order valence-electron chi connectivity index (χ3n) is 2.45.